The first-order chi connectivity index (χ1) is 21.5. The van der Waals surface area contributed by atoms with E-state index >= 15 is 0 Å². The van der Waals surface area contributed by atoms with Gasteiger partial charge < -0.3 is 0 Å². The molecule has 0 nitrogen and oxygen atoms in total. The Balaban J connectivity index is 1.15. The van der Waals surface area contributed by atoms with Crippen LogP contribution < -0.4 is 0 Å². The normalized spacial score (nSPS) is 11.6. The van der Waals surface area contributed by atoms with Crippen LogP contribution in [0.25, 0.3) is 50.1 Å². The molecule has 0 spiro atoms. The number of hydrogen-bond acceptors (Lipinski definition) is 6. The number of rotatable bonds is 15. The molecular weight excluding hydrogens is 649 g/mol. The highest BCUT2D eigenvalue weighted by molar-refractivity contribution is 7.26. The zero-order valence-electron chi connectivity index (χ0n) is 26.3. The first kappa shape index (κ1) is 32.2. The molecule has 0 N–H and O–H groups in total. The molecule has 0 bridgehead atoms. The molecule has 0 aliphatic rings. The molecule has 0 saturated heterocycles. The van der Waals surface area contributed by atoms with Gasteiger partial charge in [-0.1, -0.05) is 52.4 Å². The maximum Gasteiger partial charge on any atom is 0.0452 e. The van der Waals surface area contributed by atoms with Gasteiger partial charge in [-0.15, -0.1) is 68.0 Å². The van der Waals surface area contributed by atoms with Crippen molar-refractivity contribution in [1.29, 1.82) is 0 Å². The number of aryl methyl sites for hydroxylation is 4. The summed E-state index contributed by atoms with van der Waals surface area (Å²) in [5, 5.41) is 0. The van der Waals surface area contributed by atoms with E-state index in [1.165, 1.54) is 134 Å². The van der Waals surface area contributed by atoms with E-state index in [1.807, 2.05) is 68.0 Å². The molecule has 0 fully saturated rings. The van der Waals surface area contributed by atoms with Gasteiger partial charge in [0.2, 0.25) is 0 Å². The molecule has 6 aromatic rings. The van der Waals surface area contributed by atoms with Gasteiger partial charge in [-0.2, -0.15) is 0 Å². The molecule has 6 rings (SSSR count). The molecule has 0 unspecified atom stereocenters. The van der Waals surface area contributed by atoms with Crippen molar-refractivity contribution in [3.05, 3.63) is 80.2 Å². The van der Waals surface area contributed by atoms with Gasteiger partial charge in [0, 0.05) is 69.7 Å². The van der Waals surface area contributed by atoms with Crippen molar-refractivity contribution in [2.45, 2.75) is 91.9 Å². The number of unbranched alkanes of at least 4 members (excludes halogenated alkanes) is 6. The number of hydrogen-bond donors (Lipinski definition) is 0. The standard InChI is InChI=1S/C38H42S6/c1-5-7-9-11-13-27-15-17-33(41-27)35-21-19-31(43-35)29-23-37(39-25(29)3)38-24-30(26(4)40-38)32-20-22-36(44-32)34-18-16-28(42-34)14-12-10-8-6-2/h15-24H,5-14H2,1-4H3. The first-order valence-electron chi connectivity index (χ1n) is 16.1. The average molecular weight is 691 g/mol. The van der Waals surface area contributed by atoms with Gasteiger partial charge in [0.05, 0.1) is 0 Å². The van der Waals surface area contributed by atoms with Crippen LogP contribution in [0.15, 0.2) is 60.7 Å². The van der Waals surface area contributed by atoms with Gasteiger partial charge in [0.15, 0.2) is 0 Å². The third-order valence-corrected chi connectivity index (χ3v) is 15.4. The molecule has 6 heterocycles. The third kappa shape index (κ3) is 7.59. The van der Waals surface area contributed by atoms with Crippen LogP contribution in [0, 0.1) is 13.8 Å². The van der Waals surface area contributed by atoms with E-state index in [0.29, 0.717) is 0 Å². The van der Waals surface area contributed by atoms with Crippen LogP contribution in [-0.2, 0) is 12.8 Å². The predicted octanol–water partition coefficient (Wildman–Crippen LogP) is 15.3. The van der Waals surface area contributed by atoms with Crippen molar-refractivity contribution in [2.75, 3.05) is 0 Å². The van der Waals surface area contributed by atoms with Crippen molar-refractivity contribution in [3.63, 3.8) is 0 Å². The van der Waals surface area contributed by atoms with Gasteiger partial charge >= 0.3 is 0 Å². The Morgan fingerprint density at radius 1 is 0.386 bits per heavy atom. The fraction of sp³-hybridized carbons (Fsp3) is 0.368. The average Bonchev–Trinajstić information content (AvgIpc) is 3.84. The van der Waals surface area contributed by atoms with E-state index in [2.05, 4.69) is 88.4 Å². The molecule has 0 aliphatic carbocycles. The second-order valence-corrected chi connectivity index (χ2v) is 18.7. The molecule has 0 amide bonds. The van der Waals surface area contributed by atoms with Gasteiger partial charge in [0.1, 0.15) is 0 Å². The van der Waals surface area contributed by atoms with Crippen LogP contribution in [0.2, 0.25) is 0 Å². The van der Waals surface area contributed by atoms with Gasteiger partial charge in [0.25, 0.3) is 0 Å². The van der Waals surface area contributed by atoms with Crippen LogP contribution in [0.1, 0.15) is 84.7 Å². The summed E-state index contributed by atoms with van der Waals surface area (Å²) in [6.07, 6.45) is 13.1. The molecule has 44 heavy (non-hydrogen) atoms. The highest BCUT2D eigenvalue weighted by Crippen LogP contribution is 2.47. The molecule has 230 valence electrons. The van der Waals surface area contributed by atoms with Crippen molar-refractivity contribution in [1.82, 2.24) is 0 Å². The van der Waals surface area contributed by atoms with E-state index in [0.717, 1.165) is 0 Å². The maximum atomic E-state index is 2.44. The largest absolute Gasteiger partial charge is 0.139 e. The predicted molar refractivity (Wildman–Crippen MR) is 206 cm³/mol. The SMILES string of the molecule is CCCCCCc1ccc(-c2ccc(-c3cc(-c4cc(-c5ccc(-c6ccc(CCCCCC)s6)s5)c(C)s4)sc3C)s2)s1. The summed E-state index contributed by atoms with van der Waals surface area (Å²) in [5.74, 6) is 0. The van der Waals surface area contributed by atoms with Crippen LogP contribution in [0.4, 0.5) is 0 Å². The van der Waals surface area contributed by atoms with Crippen molar-refractivity contribution in [2.24, 2.45) is 0 Å². The molecule has 6 aromatic heterocycles. The highest BCUT2D eigenvalue weighted by atomic mass is 32.1. The fourth-order valence-corrected chi connectivity index (χ4v) is 12.4. The fourth-order valence-electron chi connectivity index (χ4n) is 5.67. The lowest BCUT2D eigenvalue weighted by Crippen LogP contribution is -1.80. The Hall–Kier alpha value is -1.80. The maximum absolute atomic E-state index is 2.44. The molecule has 0 radical (unpaired) electrons. The van der Waals surface area contributed by atoms with Gasteiger partial charge in [-0.05, 0) is 100 Å². The molecule has 6 heteroatoms. The van der Waals surface area contributed by atoms with Crippen LogP contribution in [-0.4, -0.2) is 0 Å². The Kier molecular flexibility index (Phi) is 11.1. The summed E-state index contributed by atoms with van der Waals surface area (Å²) < 4.78 is 0. The second kappa shape index (κ2) is 15.2. The molecule has 0 atom stereocenters. The Bertz CT molecular complexity index is 1650. The number of thiophene rings is 6. The second-order valence-electron chi connectivity index (χ2n) is 11.6. The van der Waals surface area contributed by atoms with E-state index in [4.69, 9.17) is 0 Å². The summed E-state index contributed by atoms with van der Waals surface area (Å²) in [6, 6.07) is 23.6. The van der Waals surface area contributed by atoms with E-state index in [-0.39, 0.29) is 0 Å². The summed E-state index contributed by atoms with van der Waals surface area (Å²) in [6.45, 7) is 9.14. The third-order valence-electron chi connectivity index (χ3n) is 8.18. The summed E-state index contributed by atoms with van der Waals surface area (Å²) in [4.78, 5) is 17.0. The van der Waals surface area contributed by atoms with Gasteiger partial charge in [-0.3, -0.25) is 0 Å². The van der Waals surface area contributed by atoms with Crippen LogP contribution >= 0.6 is 68.0 Å². The molecule has 0 saturated carbocycles. The minimum absolute atomic E-state index is 1.22. The summed E-state index contributed by atoms with van der Waals surface area (Å²) >= 11 is 11.7. The van der Waals surface area contributed by atoms with Crippen molar-refractivity contribution < 1.29 is 0 Å². The summed E-state index contributed by atoms with van der Waals surface area (Å²) in [7, 11) is 0. The summed E-state index contributed by atoms with van der Waals surface area (Å²) in [5.41, 5.74) is 2.79. The highest BCUT2D eigenvalue weighted by Gasteiger charge is 2.17. The lowest BCUT2D eigenvalue weighted by molar-refractivity contribution is 0.670. The van der Waals surface area contributed by atoms with Crippen molar-refractivity contribution >= 4 is 68.0 Å². The zero-order valence-corrected chi connectivity index (χ0v) is 31.2. The lowest BCUT2D eigenvalue weighted by atomic mass is 10.1. The minimum atomic E-state index is 1.22. The topological polar surface area (TPSA) is 0 Å². The van der Waals surface area contributed by atoms with E-state index in [1.54, 1.807) is 0 Å². The monoisotopic (exact) mass is 690 g/mol. The first-order valence-corrected chi connectivity index (χ1v) is 21.0. The van der Waals surface area contributed by atoms with Crippen LogP contribution in [0.5, 0.6) is 0 Å². The van der Waals surface area contributed by atoms with Crippen molar-refractivity contribution in [3.8, 4) is 50.1 Å². The molecular formula is C38H42S6. The zero-order chi connectivity index (χ0) is 30.5. The minimum Gasteiger partial charge on any atom is -0.139 e. The van der Waals surface area contributed by atoms with E-state index < -0.39 is 0 Å². The smallest absolute Gasteiger partial charge is 0.0452 e. The molecule has 0 aromatic carbocycles. The molecule has 0 aliphatic heterocycles. The lowest BCUT2D eigenvalue weighted by Gasteiger charge is -1.97. The van der Waals surface area contributed by atoms with Crippen LogP contribution in [0.3, 0.4) is 0 Å². The Labute approximate surface area is 288 Å². The Morgan fingerprint density at radius 2 is 0.773 bits per heavy atom. The Morgan fingerprint density at radius 3 is 1.20 bits per heavy atom. The van der Waals surface area contributed by atoms with E-state index in [9.17, 15) is 0 Å². The van der Waals surface area contributed by atoms with Gasteiger partial charge in [-0.25, -0.2) is 0 Å². The quantitative estimate of drug-likeness (QED) is 0.0941.